The highest BCUT2D eigenvalue weighted by Crippen LogP contribution is 2.27. The molecule has 1 rings (SSSR count). The lowest BCUT2D eigenvalue weighted by Crippen LogP contribution is -2.42. The van der Waals surface area contributed by atoms with Gasteiger partial charge in [0.05, 0.1) is 12.7 Å². The molecule has 0 aliphatic rings. The Labute approximate surface area is 124 Å². The summed E-state index contributed by atoms with van der Waals surface area (Å²) >= 11 is 12.0. The summed E-state index contributed by atoms with van der Waals surface area (Å²) in [5.74, 6) is 0. The first-order valence-electron chi connectivity index (χ1n) is 6.32. The Kier molecular flexibility index (Phi) is 6.57. The lowest BCUT2D eigenvalue weighted by atomic mass is 9.94. The zero-order valence-electron chi connectivity index (χ0n) is 11.5. The monoisotopic (exact) mass is 305 g/mol. The molecule has 108 valence electrons. The van der Waals surface area contributed by atoms with Gasteiger partial charge in [0.25, 0.3) is 0 Å². The molecule has 1 unspecified atom stereocenters. The van der Waals surface area contributed by atoms with Crippen LogP contribution in [0.4, 0.5) is 0 Å². The highest BCUT2D eigenvalue weighted by atomic mass is 35.5. The van der Waals surface area contributed by atoms with Gasteiger partial charge in [0.2, 0.25) is 0 Å². The van der Waals surface area contributed by atoms with E-state index in [0.29, 0.717) is 29.8 Å². The van der Waals surface area contributed by atoms with Crippen molar-refractivity contribution in [2.45, 2.75) is 32.4 Å². The minimum absolute atomic E-state index is 0.329. The molecule has 0 heterocycles. The molecule has 1 atom stereocenters. The molecule has 0 aromatic heterocycles. The highest BCUT2D eigenvalue weighted by Gasteiger charge is 2.22. The number of hydrogen-bond donors (Lipinski definition) is 2. The SMILES string of the molecule is CCOCC(O)CNC(C)(C)c1cc(Cl)cc(Cl)c1. The van der Waals surface area contributed by atoms with Crippen LogP contribution in [0.25, 0.3) is 0 Å². The number of rotatable bonds is 7. The quantitative estimate of drug-likeness (QED) is 0.813. The molecule has 0 saturated heterocycles. The molecule has 0 saturated carbocycles. The Balaban J connectivity index is 2.64. The van der Waals surface area contributed by atoms with Crippen molar-refractivity contribution in [3.8, 4) is 0 Å². The molecule has 0 bridgehead atoms. The van der Waals surface area contributed by atoms with Gasteiger partial charge in [0.1, 0.15) is 0 Å². The maximum Gasteiger partial charge on any atom is 0.0897 e. The Morgan fingerprint density at radius 1 is 1.26 bits per heavy atom. The molecule has 0 fully saturated rings. The third kappa shape index (κ3) is 5.67. The van der Waals surface area contributed by atoms with Gasteiger partial charge in [-0.05, 0) is 44.5 Å². The van der Waals surface area contributed by atoms with E-state index in [0.717, 1.165) is 5.56 Å². The molecule has 0 aliphatic carbocycles. The molecule has 0 amide bonds. The number of ether oxygens (including phenoxy) is 1. The van der Waals surface area contributed by atoms with Gasteiger partial charge in [-0.15, -0.1) is 0 Å². The van der Waals surface area contributed by atoms with Crippen LogP contribution in [0.5, 0.6) is 0 Å². The zero-order chi connectivity index (χ0) is 14.5. The fourth-order valence-electron chi connectivity index (χ4n) is 1.70. The van der Waals surface area contributed by atoms with Crippen molar-refractivity contribution in [2.75, 3.05) is 19.8 Å². The van der Waals surface area contributed by atoms with Crippen LogP contribution in [0, 0.1) is 0 Å². The van der Waals surface area contributed by atoms with Crippen molar-refractivity contribution in [2.24, 2.45) is 0 Å². The fourth-order valence-corrected chi connectivity index (χ4v) is 2.23. The first-order valence-corrected chi connectivity index (χ1v) is 7.08. The summed E-state index contributed by atoms with van der Waals surface area (Å²) in [7, 11) is 0. The van der Waals surface area contributed by atoms with E-state index < -0.39 is 6.10 Å². The molecule has 0 spiro atoms. The van der Waals surface area contributed by atoms with Crippen LogP contribution in [-0.2, 0) is 10.3 Å². The Hall–Kier alpha value is -0.320. The van der Waals surface area contributed by atoms with Crippen LogP contribution in [0.2, 0.25) is 10.0 Å². The molecule has 19 heavy (non-hydrogen) atoms. The van der Waals surface area contributed by atoms with Crippen molar-refractivity contribution in [3.63, 3.8) is 0 Å². The van der Waals surface area contributed by atoms with Crippen molar-refractivity contribution in [1.29, 1.82) is 0 Å². The van der Waals surface area contributed by atoms with E-state index in [2.05, 4.69) is 5.32 Å². The Morgan fingerprint density at radius 2 is 1.84 bits per heavy atom. The van der Waals surface area contributed by atoms with Gasteiger partial charge in [-0.1, -0.05) is 23.2 Å². The van der Waals surface area contributed by atoms with Gasteiger partial charge >= 0.3 is 0 Å². The smallest absolute Gasteiger partial charge is 0.0897 e. The summed E-state index contributed by atoms with van der Waals surface area (Å²) in [5, 5.41) is 14.3. The van der Waals surface area contributed by atoms with Crippen LogP contribution in [0.3, 0.4) is 0 Å². The lowest BCUT2D eigenvalue weighted by Gasteiger charge is -2.28. The standard InChI is InChI=1S/C14H21Cl2NO2/c1-4-19-9-13(18)8-17-14(2,3)10-5-11(15)7-12(16)6-10/h5-7,13,17-18H,4,8-9H2,1-3H3. The molecule has 1 aromatic carbocycles. The van der Waals surface area contributed by atoms with Crippen molar-refractivity contribution in [1.82, 2.24) is 5.32 Å². The van der Waals surface area contributed by atoms with Gasteiger partial charge in [-0.2, -0.15) is 0 Å². The summed E-state index contributed by atoms with van der Waals surface area (Å²) in [5.41, 5.74) is 0.649. The van der Waals surface area contributed by atoms with E-state index in [1.165, 1.54) is 0 Å². The number of hydrogen-bond acceptors (Lipinski definition) is 3. The summed E-state index contributed by atoms with van der Waals surface area (Å²) < 4.78 is 5.17. The second kappa shape index (κ2) is 7.46. The predicted molar refractivity (Wildman–Crippen MR) is 80.0 cm³/mol. The van der Waals surface area contributed by atoms with Crippen LogP contribution in [-0.4, -0.2) is 31.0 Å². The van der Waals surface area contributed by atoms with Gasteiger partial charge in [-0.25, -0.2) is 0 Å². The zero-order valence-corrected chi connectivity index (χ0v) is 13.1. The van der Waals surface area contributed by atoms with Crippen molar-refractivity contribution in [3.05, 3.63) is 33.8 Å². The normalized spacial score (nSPS) is 13.6. The van der Waals surface area contributed by atoms with E-state index >= 15 is 0 Å². The minimum Gasteiger partial charge on any atom is -0.389 e. The van der Waals surface area contributed by atoms with Crippen molar-refractivity contribution < 1.29 is 9.84 Å². The van der Waals surface area contributed by atoms with Gasteiger partial charge in [-0.3, -0.25) is 0 Å². The van der Waals surface area contributed by atoms with Crippen LogP contribution >= 0.6 is 23.2 Å². The molecule has 2 N–H and O–H groups in total. The first-order chi connectivity index (χ1) is 8.85. The molecule has 5 heteroatoms. The summed E-state index contributed by atoms with van der Waals surface area (Å²) in [6.45, 7) is 7.31. The van der Waals surface area contributed by atoms with E-state index in [1.54, 1.807) is 6.07 Å². The second-order valence-corrected chi connectivity index (χ2v) is 5.85. The third-order valence-electron chi connectivity index (χ3n) is 2.88. The molecule has 1 aromatic rings. The molecular formula is C14H21Cl2NO2. The van der Waals surface area contributed by atoms with E-state index in [-0.39, 0.29) is 5.54 Å². The number of aliphatic hydroxyl groups excluding tert-OH is 1. The summed E-state index contributed by atoms with van der Waals surface area (Å²) in [6.07, 6.45) is -0.533. The van der Waals surface area contributed by atoms with E-state index in [1.807, 2.05) is 32.9 Å². The second-order valence-electron chi connectivity index (χ2n) is 4.98. The molecule has 0 aliphatic heterocycles. The maximum absolute atomic E-state index is 9.76. The average molecular weight is 306 g/mol. The third-order valence-corrected chi connectivity index (χ3v) is 3.31. The van der Waals surface area contributed by atoms with Crippen LogP contribution < -0.4 is 5.32 Å². The predicted octanol–water partition coefficient (Wildman–Crippen LogP) is 3.22. The summed E-state index contributed by atoms with van der Waals surface area (Å²) in [4.78, 5) is 0. The van der Waals surface area contributed by atoms with E-state index in [4.69, 9.17) is 27.9 Å². The maximum atomic E-state index is 9.76. The first kappa shape index (κ1) is 16.7. The van der Waals surface area contributed by atoms with Gasteiger partial charge in [0.15, 0.2) is 0 Å². The lowest BCUT2D eigenvalue weighted by molar-refractivity contribution is 0.0390. The van der Waals surface area contributed by atoms with E-state index in [9.17, 15) is 5.11 Å². The molecule has 3 nitrogen and oxygen atoms in total. The van der Waals surface area contributed by atoms with Gasteiger partial charge in [0, 0.05) is 28.7 Å². The number of aliphatic hydroxyl groups is 1. The molecule has 0 radical (unpaired) electrons. The van der Waals surface area contributed by atoms with Crippen LogP contribution in [0.1, 0.15) is 26.3 Å². The number of benzene rings is 1. The minimum atomic E-state index is -0.533. The largest absolute Gasteiger partial charge is 0.389 e. The Morgan fingerprint density at radius 3 is 2.37 bits per heavy atom. The highest BCUT2D eigenvalue weighted by molar-refractivity contribution is 6.34. The fraction of sp³-hybridized carbons (Fsp3) is 0.571. The average Bonchev–Trinajstić information content (AvgIpc) is 2.32. The van der Waals surface area contributed by atoms with Gasteiger partial charge < -0.3 is 15.2 Å². The number of halogens is 2. The van der Waals surface area contributed by atoms with Crippen LogP contribution in [0.15, 0.2) is 18.2 Å². The van der Waals surface area contributed by atoms with Crippen molar-refractivity contribution >= 4 is 23.2 Å². The number of nitrogens with one attached hydrogen (secondary N) is 1. The molecular weight excluding hydrogens is 285 g/mol. The topological polar surface area (TPSA) is 41.5 Å². The summed E-state index contributed by atoms with van der Waals surface area (Å²) in [6, 6.07) is 5.44. The Bertz CT molecular complexity index is 390.